The van der Waals surface area contributed by atoms with Gasteiger partial charge in [-0.1, -0.05) is 18.2 Å². The van der Waals surface area contributed by atoms with Gasteiger partial charge in [0.25, 0.3) is 0 Å². The topological polar surface area (TPSA) is 45.9 Å². The van der Waals surface area contributed by atoms with Gasteiger partial charge in [-0.2, -0.15) is 5.26 Å². The van der Waals surface area contributed by atoms with Gasteiger partial charge in [0.15, 0.2) is 0 Å². The Balaban J connectivity index is 2.13. The van der Waals surface area contributed by atoms with E-state index in [9.17, 15) is 5.26 Å². The van der Waals surface area contributed by atoms with Crippen LogP contribution in [0.1, 0.15) is 42.8 Å². The standard InChI is InChI=1S/C21H21FN2O/c1-12-7-16(8-13(2)24-12)18-5-6-19(21(22)20(18)11-23)17-9-14(3)25-15(4)10-17/h5-9,14-15H,10H2,1-4H3/t14-,15+/m0/s1. The lowest BCUT2D eigenvalue weighted by Gasteiger charge is -2.25. The quantitative estimate of drug-likeness (QED) is 0.779. The van der Waals surface area contributed by atoms with E-state index in [2.05, 4.69) is 4.98 Å². The number of aromatic nitrogens is 1. The fraction of sp³-hybridized carbons (Fsp3) is 0.333. The highest BCUT2D eigenvalue weighted by molar-refractivity contribution is 5.77. The summed E-state index contributed by atoms with van der Waals surface area (Å²) in [7, 11) is 0. The van der Waals surface area contributed by atoms with Crippen LogP contribution < -0.4 is 0 Å². The maximum absolute atomic E-state index is 15.1. The van der Waals surface area contributed by atoms with Crippen LogP contribution in [0.5, 0.6) is 0 Å². The summed E-state index contributed by atoms with van der Waals surface area (Å²) in [6.07, 6.45) is 2.54. The van der Waals surface area contributed by atoms with E-state index in [0.29, 0.717) is 17.5 Å². The Morgan fingerprint density at radius 3 is 2.40 bits per heavy atom. The van der Waals surface area contributed by atoms with E-state index < -0.39 is 5.82 Å². The normalized spacial score (nSPS) is 20.1. The van der Waals surface area contributed by atoms with Gasteiger partial charge in [-0.05, 0) is 57.4 Å². The summed E-state index contributed by atoms with van der Waals surface area (Å²) in [6.45, 7) is 7.70. The molecule has 2 aromatic rings. The first-order chi connectivity index (χ1) is 11.9. The first kappa shape index (κ1) is 17.3. The Hall–Kier alpha value is -2.51. The van der Waals surface area contributed by atoms with E-state index in [-0.39, 0.29) is 17.8 Å². The summed E-state index contributed by atoms with van der Waals surface area (Å²) in [5, 5.41) is 9.58. The summed E-state index contributed by atoms with van der Waals surface area (Å²) < 4.78 is 20.8. The molecule has 0 unspecified atom stereocenters. The number of ether oxygens (including phenoxy) is 1. The van der Waals surface area contributed by atoms with Crippen LogP contribution >= 0.6 is 0 Å². The zero-order valence-electron chi connectivity index (χ0n) is 14.9. The molecule has 0 saturated heterocycles. The third-order valence-corrected chi connectivity index (χ3v) is 4.38. The van der Waals surface area contributed by atoms with Crippen molar-refractivity contribution in [3.63, 3.8) is 0 Å². The molecular formula is C21H21FN2O. The molecule has 25 heavy (non-hydrogen) atoms. The van der Waals surface area contributed by atoms with Crippen molar-refractivity contribution in [3.8, 4) is 17.2 Å². The molecule has 1 aliphatic rings. The molecule has 2 heterocycles. The van der Waals surface area contributed by atoms with E-state index in [1.54, 1.807) is 6.07 Å². The summed E-state index contributed by atoms with van der Waals surface area (Å²) in [6, 6.07) is 9.40. The van der Waals surface area contributed by atoms with Crippen molar-refractivity contribution in [1.82, 2.24) is 4.98 Å². The Bertz CT molecular complexity index is 875. The first-order valence-corrected chi connectivity index (χ1v) is 8.44. The molecule has 0 spiro atoms. The molecule has 0 radical (unpaired) electrons. The Morgan fingerprint density at radius 2 is 1.80 bits per heavy atom. The summed E-state index contributed by atoms with van der Waals surface area (Å²) in [5.41, 5.74) is 4.58. The molecule has 0 N–H and O–H groups in total. The SMILES string of the molecule is Cc1cc(-c2ccc(C3=C[C@H](C)O[C@H](C)C3)c(F)c2C#N)cc(C)n1. The second-order valence-electron chi connectivity index (χ2n) is 6.65. The second kappa shape index (κ2) is 6.78. The van der Waals surface area contributed by atoms with Crippen LogP contribution in [0.2, 0.25) is 0 Å². The minimum atomic E-state index is -0.459. The lowest BCUT2D eigenvalue weighted by molar-refractivity contribution is 0.0303. The van der Waals surface area contributed by atoms with Gasteiger partial charge >= 0.3 is 0 Å². The van der Waals surface area contributed by atoms with E-state index in [0.717, 1.165) is 22.5 Å². The highest BCUT2D eigenvalue weighted by atomic mass is 19.1. The van der Waals surface area contributed by atoms with Gasteiger partial charge in [0.1, 0.15) is 11.9 Å². The molecule has 0 amide bonds. The molecule has 1 aromatic carbocycles. The van der Waals surface area contributed by atoms with Crippen molar-refractivity contribution >= 4 is 5.57 Å². The Kier molecular flexibility index (Phi) is 4.69. The average Bonchev–Trinajstić information content (AvgIpc) is 2.52. The number of nitriles is 1. The lowest BCUT2D eigenvalue weighted by atomic mass is 9.91. The van der Waals surface area contributed by atoms with Crippen molar-refractivity contribution < 1.29 is 9.13 Å². The number of aryl methyl sites for hydroxylation is 2. The molecule has 0 bridgehead atoms. The van der Waals surface area contributed by atoms with Gasteiger partial charge in [-0.15, -0.1) is 0 Å². The zero-order chi connectivity index (χ0) is 18.1. The van der Waals surface area contributed by atoms with E-state index in [1.807, 2.05) is 58.0 Å². The molecule has 128 valence electrons. The first-order valence-electron chi connectivity index (χ1n) is 8.44. The molecule has 0 saturated carbocycles. The smallest absolute Gasteiger partial charge is 0.149 e. The van der Waals surface area contributed by atoms with Crippen LogP contribution in [0, 0.1) is 31.0 Å². The maximum Gasteiger partial charge on any atom is 0.149 e. The van der Waals surface area contributed by atoms with Crippen LogP contribution in [0.25, 0.3) is 16.7 Å². The van der Waals surface area contributed by atoms with Crippen molar-refractivity contribution in [2.45, 2.75) is 46.3 Å². The van der Waals surface area contributed by atoms with Crippen molar-refractivity contribution in [1.29, 1.82) is 5.26 Å². The van der Waals surface area contributed by atoms with Crippen molar-refractivity contribution in [2.75, 3.05) is 0 Å². The molecule has 0 aliphatic carbocycles. The van der Waals surface area contributed by atoms with Crippen molar-refractivity contribution in [3.05, 3.63) is 58.7 Å². The predicted molar refractivity (Wildman–Crippen MR) is 96.4 cm³/mol. The Morgan fingerprint density at radius 1 is 1.16 bits per heavy atom. The highest BCUT2D eigenvalue weighted by Gasteiger charge is 2.22. The summed E-state index contributed by atoms with van der Waals surface area (Å²) >= 11 is 0. The van der Waals surface area contributed by atoms with Crippen molar-refractivity contribution in [2.24, 2.45) is 0 Å². The number of rotatable bonds is 2. The van der Waals surface area contributed by atoms with Gasteiger partial charge in [0.05, 0.1) is 17.8 Å². The fourth-order valence-corrected chi connectivity index (χ4v) is 3.48. The number of halogens is 1. The molecule has 4 heteroatoms. The van der Waals surface area contributed by atoms with E-state index in [4.69, 9.17) is 4.74 Å². The third-order valence-electron chi connectivity index (χ3n) is 4.38. The van der Waals surface area contributed by atoms with Gasteiger partial charge in [0.2, 0.25) is 0 Å². The van der Waals surface area contributed by atoms with Crippen LogP contribution in [0.3, 0.4) is 0 Å². The van der Waals surface area contributed by atoms with Crippen LogP contribution in [-0.4, -0.2) is 17.2 Å². The van der Waals surface area contributed by atoms with Gasteiger partial charge in [0, 0.05) is 22.5 Å². The van der Waals surface area contributed by atoms with Gasteiger partial charge < -0.3 is 4.74 Å². The van der Waals surface area contributed by atoms with Crippen LogP contribution in [0.4, 0.5) is 4.39 Å². The molecule has 3 rings (SSSR count). The second-order valence-corrected chi connectivity index (χ2v) is 6.65. The zero-order valence-corrected chi connectivity index (χ0v) is 14.9. The molecule has 3 nitrogen and oxygen atoms in total. The minimum absolute atomic E-state index is 0.0325. The summed E-state index contributed by atoms with van der Waals surface area (Å²) in [5.74, 6) is -0.459. The summed E-state index contributed by atoms with van der Waals surface area (Å²) in [4.78, 5) is 4.35. The fourth-order valence-electron chi connectivity index (χ4n) is 3.48. The Labute approximate surface area is 147 Å². The van der Waals surface area contributed by atoms with E-state index >= 15 is 4.39 Å². The lowest BCUT2D eigenvalue weighted by Crippen LogP contribution is -2.21. The molecule has 1 aliphatic heterocycles. The molecule has 1 aromatic heterocycles. The largest absolute Gasteiger partial charge is 0.371 e. The highest BCUT2D eigenvalue weighted by Crippen LogP contribution is 2.34. The number of hydrogen-bond acceptors (Lipinski definition) is 3. The number of nitrogens with zero attached hydrogens (tertiary/aromatic N) is 2. The number of benzene rings is 1. The van der Waals surface area contributed by atoms with Crippen LogP contribution in [0.15, 0.2) is 30.3 Å². The van der Waals surface area contributed by atoms with Gasteiger partial charge in [-0.25, -0.2) is 4.39 Å². The third kappa shape index (κ3) is 3.47. The van der Waals surface area contributed by atoms with Gasteiger partial charge in [-0.3, -0.25) is 4.98 Å². The average molecular weight is 336 g/mol. The minimum Gasteiger partial charge on any atom is -0.371 e. The molecule has 2 atom stereocenters. The van der Waals surface area contributed by atoms with Crippen LogP contribution in [-0.2, 0) is 4.74 Å². The predicted octanol–water partition coefficient (Wildman–Crippen LogP) is 4.96. The monoisotopic (exact) mass is 336 g/mol. The molecular weight excluding hydrogens is 315 g/mol. The van der Waals surface area contributed by atoms with E-state index in [1.165, 1.54) is 0 Å². The number of pyridine rings is 1. The molecule has 0 fully saturated rings. The number of hydrogen-bond donors (Lipinski definition) is 0. The maximum atomic E-state index is 15.1.